The van der Waals surface area contributed by atoms with Crippen molar-refractivity contribution in [2.75, 3.05) is 6.54 Å². The largest absolute Gasteiger partial charge is 0.445 e. The van der Waals surface area contributed by atoms with Gasteiger partial charge in [-0.25, -0.2) is 13.8 Å². The Labute approximate surface area is 219 Å². The highest BCUT2D eigenvalue weighted by Crippen LogP contribution is 2.49. The molecule has 0 bridgehead atoms. The number of nitrogens with one attached hydrogen (secondary N) is 1. The van der Waals surface area contributed by atoms with Gasteiger partial charge in [0, 0.05) is 12.0 Å². The molecule has 37 heavy (non-hydrogen) atoms. The molecule has 0 spiro atoms. The number of hydrogen-bond donors (Lipinski definition) is 1. The van der Waals surface area contributed by atoms with E-state index in [1.807, 2.05) is 50.2 Å². The quantitative estimate of drug-likeness (QED) is 0.479. The Morgan fingerprint density at radius 1 is 1.03 bits per heavy atom. The predicted molar refractivity (Wildman–Crippen MR) is 139 cm³/mol. The van der Waals surface area contributed by atoms with E-state index in [0.717, 1.165) is 5.56 Å². The molecular weight excluding hydrogens is 496 g/mol. The van der Waals surface area contributed by atoms with E-state index in [9.17, 15) is 18.0 Å². The van der Waals surface area contributed by atoms with E-state index in [1.54, 1.807) is 45.0 Å². The summed E-state index contributed by atoms with van der Waals surface area (Å²) >= 11 is 0. The van der Waals surface area contributed by atoms with Crippen molar-refractivity contribution in [1.82, 2.24) is 9.62 Å². The van der Waals surface area contributed by atoms with Crippen LogP contribution in [0.5, 0.6) is 0 Å². The van der Waals surface area contributed by atoms with Crippen molar-refractivity contribution in [3.05, 3.63) is 71.8 Å². The van der Waals surface area contributed by atoms with E-state index in [2.05, 4.69) is 5.32 Å². The second-order valence-corrected chi connectivity index (χ2v) is 12.0. The number of alkyl carbamates (subject to hydrolysis) is 1. The summed E-state index contributed by atoms with van der Waals surface area (Å²) in [4.78, 5) is 25.1. The number of rotatable bonds is 7. The van der Waals surface area contributed by atoms with Crippen LogP contribution in [0.25, 0.3) is 0 Å². The fourth-order valence-corrected chi connectivity index (χ4v) is 5.90. The number of nitrogens with zero attached hydrogens (tertiary/aromatic N) is 1. The van der Waals surface area contributed by atoms with E-state index >= 15 is 0 Å². The highest BCUT2D eigenvalue weighted by atomic mass is 32.2. The number of carbonyl (C=O) groups excluding carboxylic acids is 2. The van der Waals surface area contributed by atoms with Crippen LogP contribution in [0.1, 0.15) is 64.6 Å². The molecule has 1 fully saturated rings. The van der Waals surface area contributed by atoms with Crippen molar-refractivity contribution < 1.29 is 31.7 Å². The Bertz CT molecular complexity index is 1160. The lowest BCUT2D eigenvalue weighted by Gasteiger charge is -2.49. The molecule has 0 saturated carbocycles. The first-order valence-electron chi connectivity index (χ1n) is 12.3. The van der Waals surface area contributed by atoms with Gasteiger partial charge in [0.05, 0.1) is 12.1 Å². The molecule has 0 aliphatic carbocycles. The molecule has 0 radical (unpaired) electrons. The van der Waals surface area contributed by atoms with Crippen molar-refractivity contribution in [2.24, 2.45) is 5.41 Å². The summed E-state index contributed by atoms with van der Waals surface area (Å²) in [5, 5.41) is 2.69. The number of ether oxygens (including phenoxy) is 2. The lowest BCUT2D eigenvalue weighted by molar-refractivity contribution is -0.0399. The van der Waals surface area contributed by atoms with Crippen molar-refractivity contribution in [3.63, 3.8) is 0 Å². The molecule has 10 heteroatoms. The lowest BCUT2D eigenvalue weighted by atomic mass is 9.74. The fourth-order valence-electron chi connectivity index (χ4n) is 4.30. The van der Waals surface area contributed by atoms with Crippen LogP contribution in [0.4, 0.5) is 9.59 Å². The van der Waals surface area contributed by atoms with Gasteiger partial charge >= 0.3 is 22.5 Å². The zero-order valence-electron chi connectivity index (χ0n) is 22.0. The molecule has 0 aromatic heterocycles. The third-order valence-electron chi connectivity index (χ3n) is 6.06. The van der Waals surface area contributed by atoms with Crippen LogP contribution in [0.2, 0.25) is 0 Å². The minimum Gasteiger partial charge on any atom is -0.445 e. The first-order chi connectivity index (χ1) is 17.3. The molecule has 3 rings (SSSR count). The van der Waals surface area contributed by atoms with Gasteiger partial charge in [-0.15, -0.1) is 0 Å². The van der Waals surface area contributed by atoms with Gasteiger partial charge in [-0.3, -0.25) is 0 Å². The monoisotopic (exact) mass is 532 g/mol. The third-order valence-corrected chi connectivity index (χ3v) is 7.38. The third kappa shape index (κ3) is 7.45. The van der Waals surface area contributed by atoms with E-state index in [-0.39, 0.29) is 13.2 Å². The Balaban J connectivity index is 1.70. The van der Waals surface area contributed by atoms with E-state index in [1.165, 1.54) is 0 Å². The normalized spacial score (nSPS) is 20.6. The van der Waals surface area contributed by atoms with Crippen LogP contribution in [0.3, 0.4) is 0 Å². The van der Waals surface area contributed by atoms with Gasteiger partial charge in [0.1, 0.15) is 12.2 Å². The zero-order valence-corrected chi connectivity index (χ0v) is 22.8. The van der Waals surface area contributed by atoms with Crippen LogP contribution in [0.15, 0.2) is 60.7 Å². The first-order valence-corrected chi connectivity index (χ1v) is 13.6. The molecule has 1 N–H and O–H groups in total. The topological polar surface area (TPSA) is 111 Å². The van der Waals surface area contributed by atoms with E-state index in [0.29, 0.717) is 22.7 Å². The highest BCUT2D eigenvalue weighted by molar-refractivity contribution is 7.85. The predicted octanol–water partition coefficient (Wildman–Crippen LogP) is 5.34. The van der Waals surface area contributed by atoms with Gasteiger partial charge in [0.2, 0.25) is 0 Å². The molecule has 1 heterocycles. The second-order valence-electron chi connectivity index (χ2n) is 10.6. The number of amides is 2. The van der Waals surface area contributed by atoms with E-state index in [4.69, 9.17) is 13.7 Å². The molecule has 2 aromatic rings. The molecule has 2 amide bonds. The van der Waals surface area contributed by atoms with Crippen LogP contribution in [-0.4, -0.2) is 43.2 Å². The first kappa shape index (κ1) is 28.5. The molecule has 1 aliphatic heterocycles. The summed E-state index contributed by atoms with van der Waals surface area (Å²) < 4.78 is 43.4. The molecule has 1 saturated heterocycles. The minimum atomic E-state index is -4.46. The minimum absolute atomic E-state index is 0.156. The SMILES string of the molecule is CC(C)(C)OC(=O)N1[C@H](c2ccccc2)C(C)(C)[C@H](CCCNC(=O)OCc2ccccc2)OS1(=O)=O. The number of carbonyl (C=O) groups is 2. The highest BCUT2D eigenvalue weighted by Gasteiger charge is 2.55. The van der Waals surface area contributed by atoms with Gasteiger partial charge in [-0.2, -0.15) is 12.7 Å². The van der Waals surface area contributed by atoms with Crippen LogP contribution >= 0.6 is 0 Å². The fraction of sp³-hybridized carbons (Fsp3) is 0.481. The summed E-state index contributed by atoms with van der Waals surface area (Å²) in [5.41, 5.74) is -0.174. The van der Waals surface area contributed by atoms with Gasteiger partial charge in [0.15, 0.2) is 0 Å². The Kier molecular flexibility index (Phi) is 8.86. The second kappa shape index (κ2) is 11.5. The maximum atomic E-state index is 13.3. The Hall–Kier alpha value is -3.11. The number of hydrogen-bond acceptors (Lipinski definition) is 7. The number of benzene rings is 2. The molecule has 9 nitrogen and oxygen atoms in total. The zero-order chi connectivity index (χ0) is 27.3. The smallest absolute Gasteiger partial charge is 0.426 e. The molecule has 2 atom stereocenters. The standard InChI is InChI=1S/C27H36N2O7S/c1-26(2,3)35-25(31)29-23(21-15-10-7-11-16-21)27(4,5)22(36-37(29,32)33)17-12-18-28-24(30)34-19-20-13-8-6-9-14-20/h6-11,13-16,22-23H,12,17-19H2,1-5H3,(H,28,30)/t22-,23+/m0/s1. The average molecular weight is 533 g/mol. The molecule has 0 unspecified atom stereocenters. The molecular formula is C27H36N2O7S. The van der Waals surface area contributed by atoms with Crippen LogP contribution < -0.4 is 5.32 Å². The maximum absolute atomic E-state index is 13.3. The maximum Gasteiger partial charge on any atom is 0.426 e. The van der Waals surface area contributed by atoms with Crippen molar-refractivity contribution in [3.8, 4) is 0 Å². The summed E-state index contributed by atoms with van der Waals surface area (Å²) in [6.45, 7) is 9.17. The van der Waals surface area contributed by atoms with Gasteiger partial charge < -0.3 is 14.8 Å². The van der Waals surface area contributed by atoms with Crippen LogP contribution in [0, 0.1) is 5.41 Å². The molecule has 2 aromatic carbocycles. The van der Waals surface area contributed by atoms with Crippen molar-refractivity contribution >= 4 is 22.5 Å². The van der Waals surface area contributed by atoms with E-state index < -0.39 is 45.7 Å². The van der Waals surface area contributed by atoms with Crippen molar-refractivity contribution in [1.29, 1.82) is 0 Å². The summed E-state index contributed by atoms with van der Waals surface area (Å²) in [5.74, 6) is 0. The van der Waals surface area contributed by atoms with Gasteiger partial charge in [0.25, 0.3) is 0 Å². The summed E-state index contributed by atoms with van der Waals surface area (Å²) in [7, 11) is -4.46. The lowest BCUT2D eigenvalue weighted by Crippen LogP contribution is -2.57. The van der Waals surface area contributed by atoms with Crippen LogP contribution in [-0.2, 0) is 30.6 Å². The molecule has 202 valence electrons. The van der Waals surface area contributed by atoms with Gasteiger partial charge in [-0.1, -0.05) is 74.5 Å². The molecule has 1 aliphatic rings. The average Bonchev–Trinajstić information content (AvgIpc) is 2.82. The Morgan fingerprint density at radius 2 is 1.62 bits per heavy atom. The van der Waals surface area contributed by atoms with Crippen molar-refractivity contribution in [2.45, 2.75) is 71.8 Å². The summed E-state index contributed by atoms with van der Waals surface area (Å²) in [6.07, 6.45) is -1.52. The Morgan fingerprint density at radius 3 is 2.22 bits per heavy atom. The summed E-state index contributed by atoms with van der Waals surface area (Å²) in [6, 6.07) is 17.5. The van der Waals surface area contributed by atoms with Gasteiger partial charge in [-0.05, 0) is 44.7 Å².